The lowest BCUT2D eigenvalue weighted by molar-refractivity contribution is 1.00. The highest BCUT2D eigenvalue weighted by Crippen LogP contribution is 2.12. The third-order valence-electron chi connectivity index (χ3n) is 2.99. The first-order chi connectivity index (χ1) is 8.27. The fourth-order valence-electron chi connectivity index (χ4n) is 1.89. The number of anilines is 1. The van der Waals surface area contributed by atoms with Gasteiger partial charge in [-0.05, 0) is 43.0 Å². The van der Waals surface area contributed by atoms with Crippen LogP contribution in [0.25, 0.3) is 0 Å². The zero-order valence-electron chi connectivity index (χ0n) is 10.4. The Morgan fingerprint density at radius 3 is 2.65 bits per heavy atom. The Morgan fingerprint density at radius 1 is 1.06 bits per heavy atom. The molecule has 1 N–H and O–H groups in total. The van der Waals surface area contributed by atoms with Crippen LogP contribution in [0.5, 0.6) is 0 Å². The lowest BCUT2D eigenvalue weighted by Gasteiger charge is -2.10. The average Bonchev–Trinajstić information content (AvgIpc) is 2.34. The van der Waals surface area contributed by atoms with Crippen LogP contribution in [0.4, 0.5) is 5.69 Å². The van der Waals surface area contributed by atoms with Crippen LogP contribution in [0, 0.1) is 13.8 Å². The Kier molecular flexibility index (Phi) is 3.76. The van der Waals surface area contributed by atoms with Crippen LogP contribution >= 0.6 is 0 Å². The van der Waals surface area contributed by atoms with E-state index in [0.29, 0.717) is 0 Å². The molecule has 0 amide bonds. The Morgan fingerprint density at radius 2 is 1.88 bits per heavy atom. The minimum atomic E-state index is 0.954. The van der Waals surface area contributed by atoms with Gasteiger partial charge < -0.3 is 5.32 Å². The molecule has 1 heterocycles. The summed E-state index contributed by atoms with van der Waals surface area (Å²) in [6.45, 7) is 5.19. The molecule has 88 valence electrons. The van der Waals surface area contributed by atoms with Gasteiger partial charge in [0.1, 0.15) is 0 Å². The van der Waals surface area contributed by atoms with Crippen molar-refractivity contribution < 1.29 is 0 Å². The van der Waals surface area contributed by atoms with Gasteiger partial charge in [-0.25, -0.2) is 0 Å². The fraction of sp³-hybridized carbons (Fsp3) is 0.267. The van der Waals surface area contributed by atoms with Crippen LogP contribution < -0.4 is 5.32 Å². The van der Waals surface area contributed by atoms with Gasteiger partial charge in [0.05, 0.1) is 0 Å². The molecule has 0 aliphatic heterocycles. The first-order valence-electron chi connectivity index (χ1n) is 5.96. The lowest BCUT2D eigenvalue weighted by Crippen LogP contribution is -2.06. The maximum Gasteiger partial charge on any atom is 0.0400 e. The maximum absolute atomic E-state index is 4.09. The molecule has 0 atom stereocenters. The van der Waals surface area contributed by atoms with Crippen molar-refractivity contribution in [1.29, 1.82) is 0 Å². The topological polar surface area (TPSA) is 24.9 Å². The van der Waals surface area contributed by atoms with E-state index < -0.39 is 0 Å². The largest absolute Gasteiger partial charge is 0.384 e. The summed E-state index contributed by atoms with van der Waals surface area (Å²) in [5.41, 5.74) is 5.14. The van der Waals surface area contributed by atoms with Gasteiger partial charge >= 0.3 is 0 Å². The molecule has 0 unspecified atom stereocenters. The molecule has 0 aliphatic carbocycles. The van der Waals surface area contributed by atoms with Gasteiger partial charge in [-0.1, -0.05) is 24.3 Å². The van der Waals surface area contributed by atoms with Crippen molar-refractivity contribution in [2.45, 2.75) is 20.3 Å². The minimum absolute atomic E-state index is 0.954. The van der Waals surface area contributed by atoms with Crippen LogP contribution in [0.1, 0.15) is 16.7 Å². The van der Waals surface area contributed by atoms with Gasteiger partial charge in [0.25, 0.3) is 0 Å². The molecular formula is C15H18N2. The van der Waals surface area contributed by atoms with Gasteiger partial charge in [0.15, 0.2) is 0 Å². The average molecular weight is 226 g/mol. The normalized spacial score (nSPS) is 10.2. The predicted molar refractivity (Wildman–Crippen MR) is 72.3 cm³/mol. The maximum atomic E-state index is 4.09. The summed E-state index contributed by atoms with van der Waals surface area (Å²) in [5.74, 6) is 0. The molecule has 0 bridgehead atoms. The summed E-state index contributed by atoms with van der Waals surface area (Å²) in [6.07, 6.45) is 4.76. The van der Waals surface area contributed by atoms with E-state index in [2.05, 4.69) is 48.4 Å². The standard InChI is InChI=1S/C15H18N2/c1-12-5-3-4-6-14(12)7-10-17-15-8-9-16-11-13(15)2/h3-6,8-9,11H,7,10H2,1-2H3,(H,16,17). The molecule has 17 heavy (non-hydrogen) atoms. The summed E-state index contributed by atoms with van der Waals surface area (Å²) in [7, 11) is 0. The molecule has 2 heteroatoms. The highest BCUT2D eigenvalue weighted by molar-refractivity contribution is 5.48. The Hall–Kier alpha value is -1.83. The molecule has 0 saturated heterocycles. The number of benzene rings is 1. The number of rotatable bonds is 4. The third-order valence-corrected chi connectivity index (χ3v) is 2.99. The van der Waals surface area contributed by atoms with Crippen LogP contribution in [0.3, 0.4) is 0 Å². The summed E-state index contributed by atoms with van der Waals surface area (Å²) in [5, 5.41) is 3.45. The molecule has 0 radical (unpaired) electrons. The fourth-order valence-corrected chi connectivity index (χ4v) is 1.89. The highest BCUT2D eigenvalue weighted by atomic mass is 14.9. The highest BCUT2D eigenvalue weighted by Gasteiger charge is 1.98. The van der Waals surface area contributed by atoms with Crippen molar-refractivity contribution in [3.05, 3.63) is 59.4 Å². The van der Waals surface area contributed by atoms with Gasteiger partial charge in [-0.3, -0.25) is 4.98 Å². The minimum Gasteiger partial charge on any atom is -0.384 e. The Labute approximate surface area is 103 Å². The van der Waals surface area contributed by atoms with Crippen molar-refractivity contribution in [2.75, 3.05) is 11.9 Å². The molecular weight excluding hydrogens is 208 g/mol. The van der Waals surface area contributed by atoms with E-state index in [1.807, 2.05) is 18.5 Å². The van der Waals surface area contributed by atoms with Gasteiger partial charge in [0.2, 0.25) is 0 Å². The van der Waals surface area contributed by atoms with Gasteiger partial charge in [-0.2, -0.15) is 0 Å². The molecule has 1 aromatic carbocycles. The summed E-state index contributed by atoms with van der Waals surface area (Å²) in [4.78, 5) is 4.09. The molecule has 0 saturated carbocycles. The first kappa shape index (κ1) is 11.6. The van der Waals surface area contributed by atoms with E-state index in [9.17, 15) is 0 Å². The lowest BCUT2D eigenvalue weighted by atomic mass is 10.1. The van der Waals surface area contributed by atoms with Crippen LogP contribution in [-0.4, -0.2) is 11.5 Å². The predicted octanol–water partition coefficient (Wildman–Crippen LogP) is 3.35. The van der Waals surface area contributed by atoms with Crippen LogP contribution in [0.15, 0.2) is 42.7 Å². The van der Waals surface area contributed by atoms with Crippen LogP contribution in [0.2, 0.25) is 0 Å². The zero-order valence-corrected chi connectivity index (χ0v) is 10.4. The number of pyridine rings is 1. The van der Waals surface area contributed by atoms with E-state index in [4.69, 9.17) is 0 Å². The summed E-state index contributed by atoms with van der Waals surface area (Å²) < 4.78 is 0. The molecule has 0 fully saturated rings. The molecule has 0 aliphatic rings. The second-order valence-electron chi connectivity index (χ2n) is 4.29. The summed E-state index contributed by atoms with van der Waals surface area (Å²) in [6, 6.07) is 10.6. The van der Waals surface area contributed by atoms with Crippen LogP contribution in [-0.2, 0) is 6.42 Å². The monoisotopic (exact) mass is 226 g/mol. The van der Waals surface area contributed by atoms with Crippen molar-refractivity contribution in [3.63, 3.8) is 0 Å². The van der Waals surface area contributed by atoms with Crippen molar-refractivity contribution in [3.8, 4) is 0 Å². The zero-order chi connectivity index (χ0) is 12.1. The Bertz CT molecular complexity index is 446. The van der Waals surface area contributed by atoms with E-state index in [1.54, 1.807) is 0 Å². The van der Waals surface area contributed by atoms with E-state index in [1.165, 1.54) is 22.4 Å². The molecule has 1 aromatic heterocycles. The number of aryl methyl sites for hydroxylation is 2. The number of aromatic nitrogens is 1. The third kappa shape index (κ3) is 3.06. The first-order valence-corrected chi connectivity index (χ1v) is 5.96. The van der Waals surface area contributed by atoms with Gasteiger partial charge in [0, 0.05) is 24.6 Å². The molecule has 2 rings (SSSR count). The van der Waals surface area contributed by atoms with Gasteiger partial charge in [-0.15, -0.1) is 0 Å². The second-order valence-corrected chi connectivity index (χ2v) is 4.29. The Balaban J connectivity index is 1.93. The van der Waals surface area contributed by atoms with Crippen molar-refractivity contribution in [2.24, 2.45) is 0 Å². The number of nitrogens with one attached hydrogen (secondary N) is 1. The van der Waals surface area contributed by atoms with Crippen molar-refractivity contribution in [1.82, 2.24) is 4.98 Å². The van der Waals surface area contributed by atoms with E-state index in [-0.39, 0.29) is 0 Å². The quantitative estimate of drug-likeness (QED) is 0.864. The summed E-state index contributed by atoms with van der Waals surface area (Å²) >= 11 is 0. The molecule has 2 aromatic rings. The second kappa shape index (κ2) is 5.48. The SMILES string of the molecule is Cc1ccccc1CCNc1ccncc1C. The number of nitrogens with zero attached hydrogens (tertiary/aromatic N) is 1. The van der Waals surface area contributed by atoms with Crippen molar-refractivity contribution >= 4 is 5.69 Å². The number of hydrogen-bond donors (Lipinski definition) is 1. The van der Waals surface area contributed by atoms with E-state index in [0.717, 1.165) is 13.0 Å². The number of hydrogen-bond acceptors (Lipinski definition) is 2. The smallest absolute Gasteiger partial charge is 0.0400 e. The molecule has 0 spiro atoms. The van der Waals surface area contributed by atoms with E-state index >= 15 is 0 Å². The molecule has 2 nitrogen and oxygen atoms in total.